The first-order valence-electron chi connectivity index (χ1n) is 9.81. The van der Waals surface area contributed by atoms with Gasteiger partial charge in [0.2, 0.25) is 0 Å². The first kappa shape index (κ1) is 18.3. The third-order valence-corrected chi connectivity index (χ3v) is 5.54. The third-order valence-electron chi connectivity index (χ3n) is 5.54. The molecule has 0 fully saturated rings. The van der Waals surface area contributed by atoms with Gasteiger partial charge >= 0.3 is 0 Å². The van der Waals surface area contributed by atoms with Gasteiger partial charge in [-0.25, -0.2) is 19.3 Å². The molecule has 2 N–H and O–H groups in total. The van der Waals surface area contributed by atoms with Crippen molar-refractivity contribution >= 4 is 27.9 Å². The molecule has 2 aromatic carbocycles. The van der Waals surface area contributed by atoms with E-state index in [2.05, 4.69) is 62.7 Å². The highest BCUT2D eigenvalue weighted by molar-refractivity contribution is 5.90. The Morgan fingerprint density at radius 1 is 1.07 bits per heavy atom. The number of hydrogen-bond acceptors (Lipinski definition) is 4. The molecule has 0 saturated carbocycles. The number of halogens is 1. The second kappa shape index (κ2) is 6.95. The number of fused-ring (bicyclic) bond motifs is 2. The van der Waals surface area contributed by atoms with Crippen molar-refractivity contribution in [3.05, 3.63) is 77.8 Å². The van der Waals surface area contributed by atoms with Gasteiger partial charge in [0.15, 0.2) is 11.5 Å². The van der Waals surface area contributed by atoms with Crippen molar-refractivity contribution in [2.24, 2.45) is 0 Å². The molecule has 7 heteroatoms. The fraction of sp³-hybridized carbons (Fsp3) is 0.174. The number of aryl methyl sites for hydroxylation is 2. The summed E-state index contributed by atoms with van der Waals surface area (Å²) in [5.41, 5.74) is 6.60. The summed E-state index contributed by atoms with van der Waals surface area (Å²) < 4.78 is 16.2. The van der Waals surface area contributed by atoms with Gasteiger partial charge in [-0.3, -0.25) is 0 Å². The number of anilines is 1. The molecule has 30 heavy (non-hydrogen) atoms. The molecule has 3 aromatic heterocycles. The lowest BCUT2D eigenvalue weighted by molar-refractivity contribution is 0.626. The molecule has 0 saturated heterocycles. The van der Waals surface area contributed by atoms with E-state index in [9.17, 15) is 4.39 Å². The summed E-state index contributed by atoms with van der Waals surface area (Å²) in [6.07, 6.45) is 3.10. The number of nitrogens with zero attached hydrogens (tertiary/aromatic N) is 4. The van der Waals surface area contributed by atoms with E-state index in [0.29, 0.717) is 11.5 Å². The topological polar surface area (TPSA) is 71.4 Å². The highest BCUT2D eigenvalue weighted by atomic mass is 19.1. The van der Waals surface area contributed by atoms with E-state index in [0.717, 1.165) is 28.0 Å². The molecule has 0 aliphatic rings. The molecule has 150 valence electrons. The number of rotatable bonds is 4. The number of H-pyrrole nitrogens is 1. The van der Waals surface area contributed by atoms with Crippen LogP contribution in [0.2, 0.25) is 0 Å². The number of aromatic amines is 1. The summed E-state index contributed by atoms with van der Waals surface area (Å²) in [6.45, 7) is 6.30. The van der Waals surface area contributed by atoms with Gasteiger partial charge in [-0.2, -0.15) is 0 Å². The van der Waals surface area contributed by atoms with Crippen LogP contribution in [0.5, 0.6) is 0 Å². The van der Waals surface area contributed by atoms with Crippen LogP contribution in [0.15, 0.2) is 55.1 Å². The van der Waals surface area contributed by atoms with Gasteiger partial charge in [0.1, 0.15) is 17.7 Å². The minimum absolute atomic E-state index is 0.110. The molecule has 0 amide bonds. The van der Waals surface area contributed by atoms with Crippen molar-refractivity contribution < 1.29 is 4.39 Å². The first-order valence-corrected chi connectivity index (χ1v) is 9.81. The number of hydrogen-bond donors (Lipinski definition) is 2. The van der Waals surface area contributed by atoms with E-state index in [4.69, 9.17) is 0 Å². The van der Waals surface area contributed by atoms with Gasteiger partial charge < -0.3 is 14.9 Å². The fourth-order valence-corrected chi connectivity index (χ4v) is 4.31. The van der Waals surface area contributed by atoms with E-state index in [1.165, 1.54) is 23.3 Å². The fourth-order valence-electron chi connectivity index (χ4n) is 4.31. The monoisotopic (exact) mass is 400 g/mol. The molecule has 0 aliphatic carbocycles. The predicted octanol–water partition coefficient (Wildman–Crippen LogP) is 5.23. The largest absolute Gasteiger partial charge is 0.360 e. The Balaban J connectivity index is 1.72. The van der Waals surface area contributed by atoms with Crippen molar-refractivity contribution in [2.75, 3.05) is 5.32 Å². The summed E-state index contributed by atoms with van der Waals surface area (Å²) >= 11 is 0. The van der Waals surface area contributed by atoms with Crippen molar-refractivity contribution in [1.29, 1.82) is 0 Å². The molecule has 0 aliphatic heterocycles. The second-order valence-electron chi connectivity index (χ2n) is 7.48. The molecule has 5 aromatic rings. The van der Waals surface area contributed by atoms with Gasteiger partial charge in [0, 0.05) is 16.8 Å². The lowest BCUT2D eigenvalue weighted by atomic mass is 10.0. The minimum atomic E-state index is -0.263. The number of nitrogens with one attached hydrogen (secondary N) is 2. The molecule has 1 unspecified atom stereocenters. The van der Waals surface area contributed by atoms with Gasteiger partial charge in [-0.05, 0) is 56.2 Å². The Morgan fingerprint density at radius 2 is 1.90 bits per heavy atom. The highest BCUT2D eigenvalue weighted by Crippen LogP contribution is 2.36. The first-order chi connectivity index (χ1) is 14.5. The zero-order chi connectivity index (χ0) is 20.8. The smallest absolute Gasteiger partial charge is 0.182 e. The molecule has 0 spiro atoms. The average Bonchev–Trinajstić information content (AvgIpc) is 3.32. The van der Waals surface area contributed by atoms with Crippen LogP contribution in [0.25, 0.3) is 27.8 Å². The van der Waals surface area contributed by atoms with Crippen LogP contribution in [0.1, 0.15) is 29.8 Å². The molecule has 3 heterocycles. The SMILES string of the molecule is Cc1cccc2c1c(C)c(C(C)Nc1ncnc3nc[nH]c13)n2-c1cccc(F)c1. The molecule has 0 bridgehead atoms. The van der Waals surface area contributed by atoms with E-state index in [1.54, 1.807) is 18.5 Å². The van der Waals surface area contributed by atoms with Gasteiger partial charge in [0.25, 0.3) is 0 Å². The summed E-state index contributed by atoms with van der Waals surface area (Å²) in [6, 6.07) is 12.8. The summed E-state index contributed by atoms with van der Waals surface area (Å²) in [4.78, 5) is 15.9. The molecule has 0 radical (unpaired) electrons. The highest BCUT2D eigenvalue weighted by Gasteiger charge is 2.22. The van der Waals surface area contributed by atoms with Crippen LogP contribution in [-0.2, 0) is 0 Å². The number of imidazole rings is 1. The third kappa shape index (κ3) is 2.82. The Labute approximate surface area is 172 Å². The number of aromatic nitrogens is 5. The molecule has 6 nitrogen and oxygen atoms in total. The standard InChI is InChI=1S/C23H21FN6/c1-13-6-4-9-18-19(13)14(2)21(30(18)17-8-5-7-16(24)10-17)15(3)29-23-20-22(26-11-25-20)27-12-28-23/h4-12,15H,1-3H3,(H2,25,26,27,28,29). The number of benzene rings is 2. The quantitative estimate of drug-likeness (QED) is 0.434. The summed E-state index contributed by atoms with van der Waals surface area (Å²) in [5, 5.41) is 4.68. The van der Waals surface area contributed by atoms with Crippen LogP contribution in [0.3, 0.4) is 0 Å². The Hall–Kier alpha value is -3.74. The molecule has 5 rings (SSSR count). The van der Waals surface area contributed by atoms with Crippen molar-refractivity contribution in [3.63, 3.8) is 0 Å². The van der Waals surface area contributed by atoms with Gasteiger partial charge in [-0.1, -0.05) is 18.2 Å². The molecule has 1 atom stereocenters. The van der Waals surface area contributed by atoms with Crippen LogP contribution >= 0.6 is 0 Å². The van der Waals surface area contributed by atoms with Gasteiger partial charge in [-0.15, -0.1) is 0 Å². The zero-order valence-electron chi connectivity index (χ0n) is 16.9. The van der Waals surface area contributed by atoms with Gasteiger partial charge in [0.05, 0.1) is 17.9 Å². The van der Waals surface area contributed by atoms with Crippen molar-refractivity contribution in [3.8, 4) is 5.69 Å². The lowest BCUT2D eigenvalue weighted by Crippen LogP contribution is -2.14. The van der Waals surface area contributed by atoms with E-state index in [-0.39, 0.29) is 11.9 Å². The maximum absolute atomic E-state index is 14.1. The zero-order valence-corrected chi connectivity index (χ0v) is 16.9. The van der Waals surface area contributed by atoms with Crippen LogP contribution < -0.4 is 5.32 Å². The minimum Gasteiger partial charge on any atom is -0.360 e. The maximum Gasteiger partial charge on any atom is 0.182 e. The summed E-state index contributed by atoms with van der Waals surface area (Å²) in [5.74, 6) is 0.415. The summed E-state index contributed by atoms with van der Waals surface area (Å²) in [7, 11) is 0. The van der Waals surface area contributed by atoms with Crippen molar-refractivity contribution in [1.82, 2.24) is 24.5 Å². The van der Waals surface area contributed by atoms with E-state index >= 15 is 0 Å². The molecular weight excluding hydrogens is 379 g/mol. The predicted molar refractivity (Wildman–Crippen MR) is 116 cm³/mol. The lowest BCUT2D eigenvalue weighted by Gasteiger charge is -2.20. The Kier molecular flexibility index (Phi) is 4.24. The van der Waals surface area contributed by atoms with Crippen molar-refractivity contribution in [2.45, 2.75) is 26.8 Å². The van der Waals surface area contributed by atoms with E-state index in [1.807, 2.05) is 12.1 Å². The van der Waals surface area contributed by atoms with Crippen LogP contribution in [-0.4, -0.2) is 24.5 Å². The Bertz CT molecular complexity index is 1380. The average molecular weight is 400 g/mol. The Morgan fingerprint density at radius 3 is 2.73 bits per heavy atom. The van der Waals surface area contributed by atoms with Crippen LogP contribution in [0.4, 0.5) is 10.2 Å². The normalized spacial score (nSPS) is 12.5. The second-order valence-corrected chi connectivity index (χ2v) is 7.48. The van der Waals surface area contributed by atoms with Crippen LogP contribution in [0, 0.1) is 19.7 Å². The van der Waals surface area contributed by atoms with E-state index < -0.39 is 0 Å². The molecular formula is C23H21FN6. The maximum atomic E-state index is 14.1.